The molecule has 14 heteroatoms. The van der Waals surface area contributed by atoms with Gasteiger partial charge in [-0.25, -0.2) is 4.79 Å². The Hall–Kier alpha value is -3.65. The van der Waals surface area contributed by atoms with Crippen LogP contribution in [-0.4, -0.2) is 78.2 Å². The van der Waals surface area contributed by atoms with E-state index in [-0.39, 0.29) is 32.0 Å². The monoisotopic (exact) mass is 594 g/mol. The second-order valence-electron chi connectivity index (χ2n) is 11.1. The fourth-order valence-corrected chi connectivity index (χ4v) is 5.25. The highest BCUT2D eigenvalue weighted by molar-refractivity contribution is 6.38. The van der Waals surface area contributed by atoms with Crippen molar-refractivity contribution in [3.05, 3.63) is 41.5 Å². The van der Waals surface area contributed by atoms with Gasteiger partial charge in [0, 0.05) is 18.9 Å². The Labute approximate surface area is 240 Å². The van der Waals surface area contributed by atoms with E-state index in [1.807, 2.05) is 6.92 Å². The molecule has 2 saturated heterocycles. The van der Waals surface area contributed by atoms with E-state index in [1.54, 1.807) is 6.08 Å². The molecule has 1 aromatic carbocycles. The van der Waals surface area contributed by atoms with Crippen LogP contribution in [0.25, 0.3) is 5.70 Å². The summed E-state index contributed by atoms with van der Waals surface area (Å²) in [7, 11) is 0. The maximum absolute atomic E-state index is 13.6. The molecule has 4 atom stereocenters. The summed E-state index contributed by atoms with van der Waals surface area (Å²) in [5.74, 6) is -2.17. The molecule has 0 aromatic heterocycles. The predicted octanol–water partition coefficient (Wildman–Crippen LogP) is 2.45. The van der Waals surface area contributed by atoms with Crippen LogP contribution in [0.15, 0.2) is 30.3 Å². The zero-order valence-corrected chi connectivity index (χ0v) is 23.0. The van der Waals surface area contributed by atoms with E-state index in [4.69, 9.17) is 14.3 Å². The van der Waals surface area contributed by atoms with E-state index in [2.05, 4.69) is 16.1 Å². The predicted molar refractivity (Wildman–Crippen MR) is 140 cm³/mol. The molecular formula is C28H33F3N4O7. The SMILES string of the molecule is CCC[C@H](NC(=O)[C@@H]1C[C@]2(C=C(c3ccc(C(F)(F)F)cc3)NO2)CN1C(=O)O[C@H]1CCOC1)C(=O)C(=O)NC1CC1. The van der Waals surface area contributed by atoms with Crippen LogP contribution in [-0.2, 0) is 34.9 Å². The minimum atomic E-state index is -4.49. The molecule has 0 radical (unpaired) electrons. The van der Waals surface area contributed by atoms with Crippen LogP contribution in [0.1, 0.15) is 56.6 Å². The maximum Gasteiger partial charge on any atom is 0.416 e. The van der Waals surface area contributed by atoms with Gasteiger partial charge >= 0.3 is 12.3 Å². The number of hydrogen-bond acceptors (Lipinski definition) is 8. The summed E-state index contributed by atoms with van der Waals surface area (Å²) in [6.45, 7) is 2.36. The van der Waals surface area contributed by atoms with E-state index in [0.29, 0.717) is 30.7 Å². The molecule has 5 rings (SSSR count). The van der Waals surface area contributed by atoms with Crippen LogP contribution in [0.4, 0.5) is 18.0 Å². The van der Waals surface area contributed by atoms with Gasteiger partial charge in [0.15, 0.2) is 0 Å². The number of hydrogen-bond donors (Lipinski definition) is 3. The number of amides is 3. The molecule has 1 spiro atoms. The molecule has 1 aromatic rings. The van der Waals surface area contributed by atoms with Crippen molar-refractivity contribution in [1.82, 2.24) is 21.0 Å². The van der Waals surface area contributed by atoms with Crippen molar-refractivity contribution in [3.63, 3.8) is 0 Å². The summed E-state index contributed by atoms with van der Waals surface area (Å²) in [5.41, 5.74) is 1.50. The van der Waals surface area contributed by atoms with Crippen LogP contribution in [0.3, 0.4) is 0 Å². The molecule has 0 unspecified atom stereocenters. The molecular weight excluding hydrogens is 561 g/mol. The lowest BCUT2D eigenvalue weighted by Crippen LogP contribution is -2.53. The third kappa shape index (κ3) is 6.70. The van der Waals surface area contributed by atoms with E-state index in [9.17, 15) is 32.3 Å². The van der Waals surface area contributed by atoms with E-state index in [0.717, 1.165) is 25.0 Å². The number of benzene rings is 1. The number of likely N-dealkylation sites (tertiary alicyclic amines) is 1. The van der Waals surface area contributed by atoms with Crippen LogP contribution < -0.4 is 16.1 Å². The number of Topliss-reactive ketones (excluding diaryl/α,β-unsaturated/α-hetero) is 1. The Balaban J connectivity index is 1.35. The number of ether oxygens (including phenoxy) is 2. The third-order valence-electron chi connectivity index (χ3n) is 7.69. The van der Waals surface area contributed by atoms with Crippen molar-refractivity contribution in [2.75, 3.05) is 19.8 Å². The minimum absolute atomic E-state index is 0.0309. The molecule has 3 amide bonds. The highest BCUT2D eigenvalue weighted by atomic mass is 19.4. The molecule has 42 heavy (non-hydrogen) atoms. The number of ketones is 1. The molecule has 228 valence electrons. The highest BCUT2D eigenvalue weighted by Gasteiger charge is 2.53. The lowest BCUT2D eigenvalue weighted by molar-refractivity contribution is -0.140. The van der Waals surface area contributed by atoms with Crippen molar-refractivity contribution >= 4 is 29.4 Å². The second-order valence-corrected chi connectivity index (χ2v) is 11.1. The summed E-state index contributed by atoms with van der Waals surface area (Å²) >= 11 is 0. The lowest BCUT2D eigenvalue weighted by atomic mass is 9.97. The first-order valence-electron chi connectivity index (χ1n) is 14.0. The van der Waals surface area contributed by atoms with Gasteiger partial charge < -0.3 is 20.1 Å². The number of halogens is 3. The third-order valence-corrected chi connectivity index (χ3v) is 7.69. The first kappa shape index (κ1) is 29.8. The standard InChI is InChI=1S/C28H33F3N4O7/c1-2-3-20(23(36)25(38)32-18-8-9-18)33-24(37)22-13-27(15-35(22)26(39)41-19-10-11-40-14-19)12-21(34-42-27)16-4-6-17(7-5-16)28(29,30)31/h4-7,12,18-20,22,34H,2-3,8-11,13-15H2,1H3,(H,32,38)(H,33,37)/t19-,20-,22-,27+/m0/s1. The summed E-state index contributed by atoms with van der Waals surface area (Å²) in [6, 6.07) is 2.25. The maximum atomic E-state index is 13.6. The van der Waals surface area contributed by atoms with Crippen molar-refractivity contribution < 1.29 is 46.7 Å². The van der Waals surface area contributed by atoms with Gasteiger partial charge in [0.1, 0.15) is 17.7 Å². The summed E-state index contributed by atoms with van der Waals surface area (Å²) in [5, 5.41) is 5.30. The molecule has 3 fully saturated rings. The molecule has 3 N–H and O–H groups in total. The fourth-order valence-electron chi connectivity index (χ4n) is 5.25. The average Bonchev–Trinajstić information content (AvgIpc) is 3.32. The summed E-state index contributed by atoms with van der Waals surface area (Å²) < 4.78 is 49.9. The quantitative estimate of drug-likeness (QED) is 0.371. The van der Waals surface area contributed by atoms with Gasteiger partial charge in [-0.3, -0.25) is 29.6 Å². The van der Waals surface area contributed by atoms with Gasteiger partial charge in [0.05, 0.1) is 37.1 Å². The number of nitrogens with zero attached hydrogens (tertiary/aromatic N) is 1. The van der Waals surface area contributed by atoms with Gasteiger partial charge in [-0.2, -0.15) is 13.2 Å². The Morgan fingerprint density at radius 3 is 2.52 bits per heavy atom. The zero-order valence-electron chi connectivity index (χ0n) is 23.0. The van der Waals surface area contributed by atoms with Gasteiger partial charge in [-0.15, -0.1) is 0 Å². The van der Waals surface area contributed by atoms with Crippen molar-refractivity contribution in [2.45, 2.75) is 81.5 Å². The van der Waals surface area contributed by atoms with E-state index < -0.39 is 59.2 Å². The van der Waals surface area contributed by atoms with Gasteiger partial charge in [-0.1, -0.05) is 25.5 Å². The molecule has 3 heterocycles. The molecule has 11 nitrogen and oxygen atoms in total. The second kappa shape index (κ2) is 11.9. The number of alkyl halides is 3. The van der Waals surface area contributed by atoms with Crippen molar-refractivity contribution in [2.24, 2.45) is 0 Å². The first-order chi connectivity index (χ1) is 20.0. The normalized spacial score (nSPS) is 26.0. The Kier molecular flexibility index (Phi) is 8.46. The minimum Gasteiger partial charge on any atom is -0.444 e. The number of rotatable bonds is 9. The highest BCUT2D eigenvalue weighted by Crippen LogP contribution is 2.38. The van der Waals surface area contributed by atoms with Crippen molar-refractivity contribution in [3.8, 4) is 0 Å². The smallest absolute Gasteiger partial charge is 0.416 e. The van der Waals surface area contributed by atoms with E-state index >= 15 is 0 Å². The largest absolute Gasteiger partial charge is 0.444 e. The van der Waals surface area contributed by atoms with Crippen molar-refractivity contribution in [1.29, 1.82) is 0 Å². The van der Waals surface area contributed by atoms with Crippen LogP contribution in [0.2, 0.25) is 0 Å². The molecule has 4 aliphatic rings. The topological polar surface area (TPSA) is 135 Å². The van der Waals surface area contributed by atoms with E-state index in [1.165, 1.54) is 17.0 Å². The number of carbonyl (C=O) groups excluding carboxylic acids is 4. The fraction of sp³-hybridized carbons (Fsp3) is 0.571. The van der Waals surface area contributed by atoms with Crippen LogP contribution in [0.5, 0.6) is 0 Å². The molecule has 1 saturated carbocycles. The van der Waals surface area contributed by atoms with Gasteiger partial charge in [-0.05, 0) is 43.0 Å². The first-order valence-corrected chi connectivity index (χ1v) is 14.0. The summed E-state index contributed by atoms with van der Waals surface area (Å²) in [4.78, 5) is 59.2. The summed E-state index contributed by atoms with van der Waals surface area (Å²) in [6.07, 6.45) is -1.32. The van der Waals surface area contributed by atoms with Gasteiger partial charge in [0.2, 0.25) is 11.7 Å². The molecule has 0 bridgehead atoms. The zero-order chi connectivity index (χ0) is 30.1. The number of hydroxylamine groups is 1. The van der Waals surface area contributed by atoms with Crippen LogP contribution in [0, 0.1) is 0 Å². The van der Waals surface area contributed by atoms with Crippen LogP contribution >= 0.6 is 0 Å². The Morgan fingerprint density at radius 1 is 1.17 bits per heavy atom. The Bertz CT molecular complexity index is 1240. The molecule has 1 aliphatic carbocycles. The lowest BCUT2D eigenvalue weighted by Gasteiger charge is -2.26. The Morgan fingerprint density at radius 2 is 1.90 bits per heavy atom. The molecule has 3 aliphatic heterocycles. The average molecular weight is 595 g/mol. The number of nitrogens with one attached hydrogen (secondary N) is 3. The number of carbonyl (C=O) groups is 4. The van der Waals surface area contributed by atoms with Gasteiger partial charge in [0.25, 0.3) is 5.91 Å².